The third-order valence-corrected chi connectivity index (χ3v) is 6.09. The van der Waals surface area contributed by atoms with E-state index in [0.29, 0.717) is 22.6 Å². The molecule has 0 atom stereocenters. The van der Waals surface area contributed by atoms with E-state index in [1.807, 2.05) is 0 Å². The Morgan fingerprint density at radius 2 is 1.11 bits per heavy atom. The minimum Gasteiger partial charge on any atom is -0.497 e. The molecule has 0 aliphatic carbocycles. The number of hydrogen-bond acceptors (Lipinski definition) is 6. The van der Waals surface area contributed by atoms with Gasteiger partial charge in [0.05, 0.1) is 25.3 Å². The Morgan fingerprint density at radius 3 is 1.61 bits per heavy atom. The van der Waals surface area contributed by atoms with Crippen LogP contribution in [-0.4, -0.2) is 49.6 Å². The third-order valence-electron chi connectivity index (χ3n) is 6.09. The average molecular weight is 653 g/mol. The van der Waals surface area contributed by atoms with Crippen molar-refractivity contribution in [2.75, 3.05) is 27.4 Å². The predicted octanol–water partition coefficient (Wildman–Crippen LogP) is 7.69. The number of rotatable bonds is 10. The van der Waals surface area contributed by atoms with Crippen molar-refractivity contribution < 1.29 is 65.1 Å². The molecule has 0 radical (unpaired) electrons. The fourth-order valence-electron chi connectivity index (χ4n) is 4.04. The molecule has 8 nitrogen and oxygen atoms in total. The molecule has 4 aromatic rings. The Morgan fingerprint density at radius 1 is 0.587 bits per heavy atom. The Hall–Kier alpha value is -5.40. The topological polar surface area (TPSA) is 112 Å². The number of aliphatic carboxylic acids is 2. The first kappa shape index (κ1) is 35.1. The van der Waals surface area contributed by atoms with Gasteiger partial charge in [0.1, 0.15) is 23.0 Å². The molecule has 2 N–H and O–H groups in total. The minimum atomic E-state index is -4.53. The van der Waals surface area contributed by atoms with E-state index in [1.165, 1.54) is 14.2 Å². The molecule has 4 rings (SSSR count). The molecular formula is C32H26F6O8. The van der Waals surface area contributed by atoms with Crippen LogP contribution < -0.4 is 18.9 Å². The van der Waals surface area contributed by atoms with Gasteiger partial charge < -0.3 is 29.2 Å². The van der Waals surface area contributed by atoms with Gasteiger partial charge in [-0.3, -0.25) is 0 Å². The van der Waals surface area contributed by atoms with Gasteiger partial charge in [-0.05, 0) is 60.2 Å². The van der Waals surface area contributed by atoms with Crippen LogP contribution >= 0.6 is 0 Å². The highest BCUT2D eigenvalue weighted by molar-refractivity contribution is 5.77. The molecule has 0 aromatic heterocycles. The van der Waals surface area contributed by atoms with E-state index < -0.39 is 48.6 Å². The largest absolute Gasteiger partial charge is 0.497 e. The summed E-state index contributed by atoms with van der Waals surface area (Å²) >= 11 is 0. The molecular weight excluding hydrogens is 626 g/mol. The minimum absolute atomic E-state index is 0.0323. The summed E-state index contributed by atoms with van der Waals surface area (Å²) in [4.78, 5) is 21.3. The van der Waals surface area contributed by atoms with Crippen LogP contribution in [0.5, 0.6) is 23.0 Å². The van der Waals surface area contributed by atoms with Crippen molar-refractivity contribution in [3.8, 4) is 45.3 Å². The Balaban J connectivity index is 0.000000250. The summed E-state index contributed by atoms with van der Waals surface area (Å²) < 4.78 is 98.0. The first-order valence-corrected chi connectivity index (χ1v) is 13.0. The standard InChI is InChI=1S/2C16H13F3O4/c1-22-12-4-2-3-10(7-12)13-8-11(16(17,18)19)5-6-14(13)23-9-15(20)21;1-22-13-5-3-2-4-11(13)12-8-10(16(17,18)19)6-7-14(12)23-9-15(20)21/h2*2-8H,9H2,1H3,(H,20,21). The zero-order chi connectivity index (χ0) is 34.1. The van der Waals surface area contributed by atoms with Crippen molar-refractivity contribution >= 4 is 11.9 Å². The molecule has 0 heterocycles. The SMILES string of the molecule is COc1cccc(-c2cc(C(F)(F)F)ccc2OCC(=O)O)c1.COc1ccccc1-c1cc(C(F)(F)F)ccc1OCC(=O)O. The molecule has 0 saturated carbocycles. The summed E-state index contributed by atoms with van der Waals surface area (Å²) in [7, 11) is 2.83. The van der Waals surface area contributed by atoms with Gasteiger partial charge in [0, 0.05) is 16.7 Å². The quantitative estimate of drug-likeness (QED) is 0.168. The zero-order valence-corrected chi connectivity index (χ0v) is 24.1. The second kappa shape index (κ2) is 15.1. The van der Waals surface area contributed by atoms with E-state index in [1.54, 1.807) is 48.5 Å². The Bertz CT molecular complexity index is 1670. The lowest BCUT2D eigenvalue weighted by molar-refractivity contribution is -0.140. The summed E-state index contributed by atoms with van der Waals surface area (Å²) in [6.07, 6.45) is -9.04. The smallest absolute Gasteiger partial charge is 0.416 e. The lowest BCUT2D eigenvalue weighted by Crippen LogP contribution is -2.11. The van der Waals surface area contributed by atoms with Gasteiger partial charge in [0.25, 0.3) is 0 Å². The number of para-hydroxylation sites is 1. The highest BCUT2D eigenvalue weighted by Crippen LogP contribution is 2.41. The number of halogens is 6. The second-order valence-corrected chi connectivity index (χ2v) is 9.21. The normalized spacial score (nSPS) is 11.1. The predicted molar refractivity (Wildman–Crippen MR) is 153 cm³/mol. The van der Waals surface area contributed by atoms with Crippen LogP contribution in [0.3, 0.4) is 0 Å². The van der Waals surface area contributed by atoms with Crippen LogP contribution in [0.25, 0.3) is 22.3 Å². The van der Waals surface area contributed by atoms with Gasteiger partial charge in [0.2, 0.25) is 0 Å². The van der Waals surface area contributed by atoms with Crippen molar-refractivity contribution in [3.05, 3.63) is 96.1 Å². The monoisotopic (exact) mass is 652 g/mol. The summed E-state index contributed by atoms with van der Waals surface area (Å²) in [6.45, 7) is -1.31. The van der Waals surface area contributed by atoms with E-state index in [0.717, 1.165) is 36.4 Å². The van der Waals surface area contributed by atoms with Gasteiger partial charge in [0.15, 0.2) is 13.2 Å². The number of carbonyl (C=O) groups is 2. The van der Waals surface area contributed by atoms with E-state index in [2.05, 4.69) is 0 Å². The molecule has 0 saturated heterocycles. The van der Waals surface area contributed by atoms with E-state index in [9.17, 15) is 35.9 Å². The van der Waals surface area contributed by atoms with E-state index >= 15 is 0 Å². The molecule has 244 valence electrons. The molecule has 0 aliphatic rings. The Kier molecular flexibility index (Phi) is 11.5. The summed E-state index contributed by atoms with van der Waals surface area (Å²) in [6, 6.07) is 18.6. The van der Waals surface area contributed by atoms with Crippen LogP contribution in [0.4, 0.5) is 26.3 Å². The maximum Gasteiger partial charge on any atom is 0.416 e. The van der Waals surface area contributed by atoms with Crippen LogP contribution in [0.1, 0.15) is 11.1 Å². The molecule has 14 heteroatoms. The maximum absolute atomic E-state index is 12.9. The number of carboxylic acid groups (broad SMARTS) is 2. The lowest BCUT2D eigenvalue weighted by atomic mass is 10.0. The number of alkyl halides is 6. The van der Waals surface area contributed by atoms with Crippen molar-refractivity contribution in [1.29, 1.82) is 0 Å². The fourth-order valence-corrected chi connectivity index (χ4v) is 4.04. The molecule has 0 unspecified atom stereocenters. The molecule has 46 heavy (non-hydrogen) atoms. The third kappa shape index (κ3) is 9.55. The molecule has 0 bridgehead atoms. The fraction of sp³-hybridized carbons (Fsp3) is 0.188. The van der Waals surface area contributed by atoms with Crippen molar-refractivity contribution in [2.45, 2.75) is 12.4 Å². The van der Waals surface area contributed by atoms with Crippen LogP contribution in [0.2, 0.25) is 0 Å². The lowest BCUT2D eigenvalue weighted by Gasteiger charge is -2.16. The Labute approximate surface area is 258 Å². The molecule has 0 spiro atoms. The van der Waals surface area contributed by atoms with Gasteiger partial charge in [-0.1, -0.05) is 30.3 Å². The highest BCUT2D eigenvalue weighted by atomic mass is 19.4. The van der Waals surface area contributed by atoms with Crippen LogP contribution in [0, 0.1) is 0 Å². The molecule has 0 amide bonds. The van der Waals surface area contributed by atoms with Crippen LogP contribution in [-0.2, 0) is 21.9 Å². The number of ether oxygens (including phenoxy) is 4. The summed E-state index contributed by atoms with van der Waals surface area (Å²) in [5, 5.41) is 17.4. The van der Waals surface area contributed by atoms with Gasteiger partial charge in [-0.25, -0.2) is 9.59 Å². The van der Waals surface area contributed by atoms with Gasteiger partial charge in [-0.2, -0.15) is 26.3 Å². The highest BCUT2D eigenvalue weighted by Gasteiger charge is 2.32. The van der Waals surface area contributed by atoms with Gasteiger partial charge >= 0.3 is 24.3 Å². The number of carboxylic acids is 2. The number of methoxy groups -OCH3 is 2. The summed E-state index contributed by atoms with van der Waals surface area (Å²) in [5.74, 6) is -1.55. The molecule has 0 fully saturated rings. The second-order valence-electron chi connectivity index (χ2n) is 9.21. The maximum atomic E-state index is 12.9. The number of benzene rings is 4. The van der Waals surface area contributed by atoms with Crippen molar-refractivity contribution in [1.82, 2.24) is 0 Å². The van der Waals surface area contributed by atoms with E-state index in [-0.39, 0.29) is 22.6 Å². The molecule has 0 aliphatic heterocycles. The first-order chi connectivity index (χ1) is 21.6. The van der Waals surface area contributed by atoms with Crippen LogP contribution in [0.15, 0.2) is 84.9 Å². The summed E-state index contributed by atoms with van der Waals surface area (Å²) in [5.41, 5.74) is -0.657. The van der Waals surface area contributed by atoms with Crippen molar-refractivity contribution in [2.24, 2.45) is 0 Å². The number of hydrogen-bond donors (Lipinski definition) is 2. The average Bonchev–Trinajstić information content (AvgIpc) is 3.02. The van der Waals surface area contributed by atoms with E-state index in [4.69, 9.17) is 29.2 Å². The van der Waals surface area contributed by atoms with Crippen molar-refractivity contribution in [3.63, 3.8) is 0 Å². The zero-order valence-electron chi connectivity index (χ0n) is 24.1. The molecule has 4 aromatic carbocycles. The first-order valence-electron chi connectivity index (χ1n) is 13.0. The van der Waals surface area contributed by atoms with Gasteiger partial charge in [-0.15, -0.1) is 0 Å².